The summed E-state index contributed by atoms with van der Waals surface area (Å²) in [5, 5.41) is 6.18. The number of rotatable bonds is 2. The largest absolute Gasteiger partial charge is 0.494 e. The van der Waals surface area contributed by atoms with Gasteiger partial charge in [-0.1, -0.05) is 12.1 Å². The predicted molar refractivity (Wildman–Crippen MR) is 106 cm³/mol. The lowest BCUT2D eigenvalue weighted by atomic mass is 9.79. The summed E-state index contributed by atoms with van der Waals surface area (Å²) in [6.07, 6.45) is 2.32. The Morgan fingerprint density at radius 3 is 2.31 bits per heavy atom. The van der Waals surface area contributed by atoms with Gasteiger partial charge in [0.25, 0.3) is 0 Å². The predicted octanol–water partition coefficient (Wildman–Crippen LogP) is 2.91. The molecular weight excluding hydrogens is 325 g/mol. The average Bonchev–Trinajstić information content (AvgIpc) is 3.01. The lowest BCUT2D eigenvalue weighted by Crippen LogP contribution is -2.41. The van der Waals surface area contributed by atoms with Crippen molar-refractivity contribution in [2.45, 2.75) is 64.7 Å². The van der Waals surface area contributed by atoms with Crippen LogP contribution in [0.15, 0.2) is 18.2 Å². The summed E-state index contributed by atoms with van der Waals surface area (Å²) < 4.78 is 14.6. The monoisotopic (exact) mass is 355 g/mol. The van der Waals surface area contributed by atoms with Crippen molar-refractivity contribution in [2.75, 3.05) is 20.1 Å². The van der Waals surface area contributed by atoms with Gasteiger partial charge in [-0.25, -0.2) is 0 Å². The number of hydrogen-bond donors (Lipinski definition) is 0. The zero-order chi connectivity index (χ0) is 18.7. The summed E-state index contributed by atoms with van der Waals surface area (Å²) in [5.74, 6) is 0. The second kappa shape index (κ2) is 6.08. The highest BCUT2D eigenvalue weighted by Gasteiger charge is 2.51. The van der Waals surface area contributed by atoms with Crippen LogP contribution in [-0.4, -0.2) is 53.1 Å². The van der Waals surface area contributed by atoms with Crippen molar-refractivity contribution in [3.63, 3.8) is 0 Å². The van der Waals surface area contributed by atoms with E-state index in [9.17, 15) is 0 Å². The van der Waals surface area contributed by atoms with Gasteiger partial charge in [-0.05, 0) is 79.1 Å². The van der Waals surface area contributed by atoms with Gasteiger partial charge >= 0.3 is 7.12 Å². The van der Waals surface area contributed by atoms with Gasteiger partial charge < -0.3 is 14.2 Å². The number of piperidine rings is 1. The smallest absolute Gasteiger partial charge is 0.399 e. The summed E-state index contributed by atoms with van der Waals surface area (Å²) >= 11 is 0. The van der Waals surface area contributed by atoms with E-state index in [0.717, 1.165) is 36.9 Å². The first-order chi connectivity index (χ1) is 12.2. The first-order valence-corrected chi connectivity index (χ1v) is 9.71. The number of benzene rings is 1. The molecule has 6 heteroatoms. The molecule has 2 aliphatic rings. The van der Waals surface area contributed by atoms with Gasteiger partial charge in [-0.3, -0.25) is 4.68 Å². The summed E-state index contributed by atoms with van der Waals surface area (Å²) in [7, 11) is 1.86. The Hall–Kier alpha value is -1.37. The molecule has 0 radical (unpaired) electrons. The quantitative estimate of drug-likeness (QED) is 0.777. The fourth-order valence-corrected chi connectivity index (χ4v) is 3.97. The summed E-state index contributed by atoms with van der Waals surface area (Å²) in [5.41, 5.74) is 2.69. The Bertz CT molecular complexity index is 806. The van der Waals surface area contributed by atoms with Crippen molar-refractivity contribution < 1.29 is 9.31 Å². The van der Waals surface area contributed by atoms with Crippen LogP contribution in [0.3, 0.4) is 0 Å². The van der Waals surface area contributed by atoms with E-state index in [-0.39, 0.29) is 18.3 Å². The maximum absolute atomic E-state index is 6.20. The lowest BCUT2D eigenvalue weighted by Gasteiger charge is -2.32. The second-order valence-electron chi connectivity index (χ2n) is 8.93. The molecule has 1 aromatic carbocycles. The fraction of sp³-hybridized carbons (Fsp3) is 0.650. The molecule has 1 aromatic heterocycles. The van der Waals surface area contributed by atoms with Gasteiger partial charge in [0.1, 0.15) is 0 Å². The number of hydrogen-bond acceptors (Lipinski definition) is 4. The van der Waals surface area contributed by atoms with Crippen LogP contribution in [-0.2, 0) is 9.31 Å². The van der Waals surface area contributed by atoms with Crippen LogP contribution >= 0.6 is 0 Å². The Labute approximate surface area is 156 Å². The summed E-state index contributed by atoms with van der Waals surface area (Å²) in [4.78, 5) is 2.39. The Morgan fingerprint density at radius 2 is 1.69 bits per heavy atom. The third-order valence-corrected chi connectivity index (χ3v) is 6.53. The van der Waals surface area contributed by atoms with Crippen molar-refractivity contribution in [2.24, 2.45) is 0 Å². The van der Waals surface area contributed by atoms with Gasteiger partial charge in [0.15, 0.2) is 0 Å². The molecule has 26 heavy (non-hydrogen) atoms. The Balaban J connectivity index is 1.64. The highest BCUT2D eigenvalue weighted by Crippen LogP contribution is 2.36. The van der Waals surface area contributed by atoms with E-state index >= 15 is 0 Å². The molecule has 0 atom stereocenters. The van der Waals surface area contributed by atoms with E-state index in [1.165, 1.54) is 11.1 Å². The minimum absolute atomic E-state index is 0.323. The molecule has 5 nitrogen and oxygen atoms in total. The molecule has 2 fully saturated rings. The molecular formula is C20H30BN3O2. The fourth-order valence-electron chi connectivity index (χ4n) is 3.97. The number of aromatic nitrogens is 2. The summed E-state index contributed by atoms with van der Waals surface area (Å²) in [6.45, 7) is 12.8. The molecule has 0 amide bonds. The van der Waals surface area contributed by atoms with Crippen molar-refractivity contribution in [1.29, 1.82) is 0 Å². The molecule has 0 aliphatic carbocycles. The minimum Gasteiger partial charge on any atom is -0.399 e. The van der Waals surface area contributed by atoms with Crippen molar-refractivity contribution >= 4 is 23.5 Å². The number of fused-ring (bicyclic) bond motifs is 1. The van der Waals surface area contributed by atoms with E-state index in [1.54, 1.807) is 0 Å². The SMILES string of the molecule is Cc1c2ccc(B3OC(C)(C)C(C)(C)O3)cc2nn1C1CCN(C)CC1. The van der Waals surface area contributed by atoms with E-state index in [0.29, 0.717) is 6.04 Å². The van der Waals surface area contributed by atoms with E-state index in [1.807, 2.05) is 0 Å². The van der Waals surface area contributed by atoms with Crippen LogP contribution in [0.2, 0.25) is 0 Å². The topological polar surface area (TPSA) is 39.5 Å². The first-order valence-electron chi connectivity index (χ1n) is 9.71. The molecule has 0 spiro atoms. The van der Waals surface area contributed by atoms with Gasteiger partial charge in [0.05, 0.1) is 22.8 Å². The van der Waals surface area contributed by atoms with Crippen molar-refractivity contribution in [1.82, 2.24) is 14.7 Å². The Kier molecular flexibility index (Phi) is 4.21. The number of likely N-dealkylation sites (tertiary alicyclic amines) is 1. The maximum atomic E-state index is 6.20. The zero-order valence-corrected chi connectivity index (χ0v) is 16.9. The zero-order valence-electron chi connectivity index (χ0n) is 16.9. The van der Waals surface area contributed by atoms with Crippen LogP contribution in [0.4, 0.5) is 0 Å². The standard InChI is InChI=1S/C20H30BN3O2/c1-14-17-8-7-15(21-25-19(2,3)20(4,5)26-21)13-18(17)22-24(14)16-9-11-23(6)12-10-16/h7-8,13,16H,9-12H2,1-6H3. The maximum Gasteiger partial charge on any atom is 0.494 e. The van der Waals surface area contributed by atoms with E-state index in [4.69, 9.17) is 14.4 Å². The highest BCUT2D eigenvalue weighted by molar-refractivity contribution is 6.62. The van der Waals surface area contributed by atoms with Gasteiger partial charge in [0.2, 0.25) is 0 Å². The highest BCUT2D eigenvalue weighted by atomic mass is 16.7. The van der Waals surface area contributed by atoms with Crippen LogP contribution in [0.1, 0.15) is 52.3 Å². The molecule has 0 bridgehead atoms. The molecule has 0 saturated carbocycles. The van der Waals surface area contributed by atoms with Crippen molar-refractivity contribution in [3.8, 4) is 0 Å². The average molecular weight is 355 g/mol. The third-order valence-electron chi connectivity index (χ3n) is 6.53. The molecule has 0 unspecified atom stereocenters. The Morgan fingerprint density at radius 1 is 1.08 bits per heavy atom. The van der Waals surface area contributed by atoms with Gasteiger partial charge in [-0.2, -0.15) is 5.10 Å². The van der Waals surface area contributed by atoms with Gasteiger partial charge in [-0.15, -0.1) is 0 Å². The number of nitrogens with zero attached hydrogens (tertiary/aromatic N) is 3. The molecule has 2 saturated heterocycles. The molecule has 2 aliphatic heterocycles. The molecule has 4 rings (SSSR count). The lowest BCUT2D eigenvalue weighted by molar-refractivity contribution is 0.00578. The van der Waals surface area contributed by atoms with Crippen LogP contribution < -0.4 is 5.46 Å². The van der Waals surface area contributed by atoms with Crippen LogP contribution in [0, 0.1) is 6.92 Å². The number of aryl methyl sites for hydroxylation is 1. The van der Waals surface area contributed by atoms with Gasteiger partial charge in [0, 0.05) is 11.1 Å². The molecule has 140 valence electrons. The second-order valence-corrected chi connectivity index (χ2v) is 8.93. The third kappa shape index (κ3) is 2.88. The molecule has 0 N–H and O–H groups in total. The van der Waals surface area contributed by atoms with Crippen LogP contribution in [0.5, 0.6) is 0 Å². The first kappa shape index (κ1) is 18.0. The minimum atomic E-state index is -0.335. The molecule has 3 heterocycles. The summed E-state index contributed by atoms with van der Waals surface area (Å²) in [6, 6.07) is 6.93. The normalized spacial score (nSPS) is 23.8. The van der Waals surface area contributed by atoms with E-state index in [2.05, 4.69) is 69.4 Å². The van der Waals surface area contributed by atoms with Crippen molar-refractivity contribution in [3.05, 3.63) is 23.9 Å². The van der Waals surface area contributed by atoms with Crippen LogP contribution in [0.25, 0.3) is 10.9 Å². The van der Waals surface area contributed by atoms with E-state index < -0.39 is 0 Å². The molecule has 2 aromatic rings.